The molecule has 1 amide bonds. The number of anilines is 1. The summed E-state index contributed by atoms with van der Waals surface area (Å²) in [5.74, 6) is 0.605. The summed E-state index contributed by atoms with van der Waals surface area (Å²) in [5, 5.41) is 19.2. The second-order valence-electron chi connectivity index (χ2n) is 7.15. The van der Waals surface area contributed by atoms with E-state index in [1.165, 1.54) is 17.4 Å². The molecule has 0 aliphatic heterocycles. The van der Waals surface area contributed by atoms with E-state index in [1.807, 2.05) is 54.7 Å². The largest absolute Gasteiger partial charge is 0.493 e. The zero-order chi connectivity index (χ0) is 23.9. The predicted molar refractivity (Wildman–Crippen MR) is 131 cm³/mol. The van der Waals surface area contributed by atoms with Gasteiger partial charge in [-0.2, -0.15) is 10.4 Å². The summed E-state index contributed by atoms with van der Waals surface area (Å²) in [6.45, 7) is 0.530. The first kappa shape index (κ1) is 22.8. The Morgan fingerprint density at radius 3 is 2.65 bits per heavy atom. The molecule has 0 bridgehead atoms. The number of methoxy groups -OCH3 is 2. The van der Waals surface area contributed by atoms with Crippen molar-refractivity contribution >= 4 is 28.5 Å². The summed E-state index contributed by atoms with van der Waals surface area (Å²) in [6.07, 6.45) is 4.93. The second-order valence-corrected chi connectivity index (χ2v) is 8.04. The maximum atomic E-state index is 12.7. The van der Waals surface area contributed by atoms with E-state index >= 15 is 0 Å². The highest BCUT2D eigenvalue weighted by molar-refractivity contribution is 7.13. The number of carbonyl (C=O) groups is 1. The number of aromatic nitrogens is 3. The predicted octanol–water partition coefficient (Wildman–Crippen LogP) is 4.62. The Balaban J connectivity index is 1.76. The van der Waals surface area contributed by atoms with Crippen molar-refractivity contribution in [3.63, 3.8) is 0 Å². The highest BCUT2D eigenvalue weighted by atomic mass is 32.1. The van der Waals surface area contributed by atoms with Crippen LogP contribution in [-0.2, 0) is 11.3 Å². The molecular formula is C25H21N5O3S. The Kier molecular flexibility index (Phi) is 7.01. The summed E-state index contributed by atoms with van der Waals surface area (Å²) in [7, 11) is 3.13. The van der Waals surface area contributed by atoms with E-state index in [9.17, 15) is 10.1 Å². The van der Waals surface area contributed by atoms with Gasteiger partial charge >= 0.3 is 0 Å². The molecule has 0 atom stereocenters. The molecule has 0 saturated heterocycles. The number of benzene rings is 2. The van der Waals surface area contributed by atoms with E-state index in [0.29, 0.717) is 34.4 Å². The molecule has 170 valence electrons. The van der Waals surface area contributed by atoms with Crippen molar-refractivity contribution in [1.82, 2.24) is 14.8 Å². The van der Waals surface area contributed by atoms with Crippen molar-refractivity contribution in [1.29, 1.82) is 5.26 Å². The van der Waals surface area contributed by atoms with E-state index in [4.69, 9.17) is 14.6 Å². The van der Waals surface area contributed by atoms with Crippen LogP contribution in [0.25, 0.3) is 17.3 Å². The summed E-state index contributed by atoms with van der Waals surface area (Å²) >= 11 is 1.28. The highest BCUT2D eigenvalue weighted by Gasteiger charge is 2.17. The third kappa shape index (κ3) is 5.14. The van der Waals surface area contributed by atoms with Gasteiger partial charge in [-0.25, -0.2) is 4.98 Å². The minimum atomic E-state index is -0.536. The molecule has 4 rings (SSSR count). The fourth-order valence-electron chi connectivity index (χ4n) is 3.36. The number of rotatable bonds is 8. The van der Waals surface area contributed by atoms with Crippen LogP contribution in [0.5, 0.6) is 11.5 Å². The summed E-state index contributed by atoms with van der Waals surface area (Å²) in [5.41, 5.74) is 2.99. The van der Waals surface area contributed by atoms with Crippen LogP contribution in [0.3, 0.4) is 0 Å². The molecule has 2 aromatic heterocycles. The lowest BCUT2D eigenvalue weighted by Gasteiger charge is -2.09. The van der Waals surface area contributed by atoms with Crippen LogP contribution in [0.2, 0.25) is 0 Å². The van der Waals surface area contributed by atoms with E-state index in [1.54, 1.807) is 36.5 Å². The Hall–Kier alpha value is -4.42. The molecule has 0 spiro atoms. The molecule has 0 aliphatic rings. The van der Waals surface area contributed by atoms with Crippen molar-refractivity contribution in [3.05, 3.63) is 83.0 Å². The van der Waals surface area contributed by atoms with Crippen LogP contribution >= 0.6 is 11.3 Å². The van der Waals surface area contributed by atoms with E-state index in [0.717, 1.165) is 11.1 Å². The number of carbonyl (C=O) groups excluding carboxylic acids is 1. The molecule has 1 N–H and O–H groups in total. The van der Waals surface area contributed by atoms with E-state index in [-0.39, 0.29) is 5.57 Å². The van der Waals surface area contributed by atoms with Gasteiger partial charge in [-0.1, -0.05) is 30.3 Å². The summed E-state index contributed by atoms with van der Waals surface area (Å²) in [6, 6.07) is 17.3. The highest BCUT2D eigenvalue weighted by Crippen LogP contribution is 2.33. The van der Waals surface area contributed by atoms with E-state index in [2.05, 4.69) is 10.3 Å². The molecule has 8 nitrogen and oxygen atoms in total. The summed E-state index contributed by atoms with van der Waals surface area (Å²) < 4.78 is 12.6. The molecule has 2 aromatic carbocycles. The number of hydrogen-bond acceptors (Lipinski definition) is 7. The Bertz CT molecular complexity index is 1360. The SMILES string of the molecule is COc1ccc(-c2nn(Cc3ccccc3)cc2/C=C(\C#N)C(=O)Nc2nccs2)cc1OC. The minimum Gasteiger partial charge on any atom is -0.493 e. The number of nitrogens with one attached hydrogen (secondary N) is 1. The third-order valence-corrected chi connectivity index (χ3v) is 5.64. The molecule has 0 saturated carbocycles. The zero-order valence-corrected chi connectivity index (χ0v) is 19.4. The number of hydrogen-bond donors (Lipinski definition) is 1. The first-order valence-electron chi connectivity index (χ1n) is 10.3. The third-order valence-electron chi connectivity index (χ3n) is 4.95. The van der Waals surface area contributed by atoms with Crippen molar-refractivity contribution in [2.45, 2.75) is 6.54 Å². The molecular weight excluding hydrogens is 450 g/mol. The average Bonchev–Trinajstić information content (AvgIpc) is 3.52. The Morgan fingerprint density at radius 1 is 1.18 bits per heavy atom. The minimum absolute atomic E-state index is 0.0591. The average molecular weight is 472 g/mol. The molecule has 4 aromatic rings. The molecule has 2 heterocycles. The van der Waals surface area contributed by atoms with Gasteiger partial charge in [0.15, 0.2) is 16.6 Å². The molecule has 0 radical (unpaired) electrons. The van der Waals surface area contributed by atoms with Crippen LogP contribution in [0.15, 0.2) is 71.9 Å². The van der Waals surface area contributed by atoms with Gasteiger partial charge in [0.2, 0.25) is 0 Å². The lowest BCUT2D eigenvalue weighted by atomic mass is 10.1. The van der Waals surface area contributed by atoms with Gasteiger partial charge < -0.3 is 9.47 Å². The second kappa shape index (κ2) is 10.5. The van der Waals surface area contributed by atoms with Crippen molar-refractivity contribution in [2.75, 3.05) is 19.5 Å². The fraction of sp³-hybridized carbons (Fsp3) is 0.120. The Labute approximate surface area is 200 Å². The first-order valence-corrected chi connectivity index (χ1v) is 11.2. The lowest BCUT2D eigenvalue weighted by Crippen LogP contribution is -2.13. The van der Waals surface area contributed by atoms with Crippen LogP contribution in [0.4, 0.5) is 5.13 Å². The monoisotopic (exact) mass is 471 g/mol. The van der Waals surface area contributed by atoms with Crippen LogP contribution in [-0.4, -0.2) is 34.9 Å². The van der Waals surface area contributed by atoms with Crippen molar-refractivity contribution in [3.8, 4) is 28.8 Å². The Morgan fingerprint density at radius 2 is 1.97 bits per heavy atom. The maximum absolute atomic E-state index is 12.7. The standard InChI is InChI=1S/C25H21N5O3S/c1-32-21-9-8-18(13-22(21)33-2)23-20(16-30(29-23)15-17-6-4-3-5-7-17)12-19(14-26)24(31)28-25-27-10-11-34-25/h3-13,16H,15H2,1-2H3,(H,27,28,31)/b19-12+. The molecule has 0 unspecified atom stereocenters. The van der Waals surface area contributed by atoms with Gasteiger partial charge in [0.1, 0.15) is 11.6 Å². The van der Waals surface area contributed by atoms with Crippen molar-refractivity contribution < 1.29 is 14.3 Å². The number of amides is 1. The molecule has 34 heavy (non-hydrogen) atoms. The zero-order valence-electron chi connectivity index (χ0n) is 18.6. The normalized spacial score (nSPS) is 11.0. The first-order chi connectivity index (χ1) is 16.6. The number of nitriles is 1. The summed E-state index contributed by atoms with van der Waals surface area (Å²) in [4.78, 5) is 16.7. The number of thiazole rings is 1. The fourth-order valence-corrected chi connectivity index (χ4v) is 3.88. The number of ether oxygens (including phenoxy) is 2. The van der Waals surface area contributed by atoms with Crippen LogP contribution < -0.4 is 14.8 Å². The van der Waals surface area contributed by atoms with Crippen LogP contribution in [0, 0.1) is 11.3 Å². The van der Waals surface area contributed by atoms with E-state index < -0.39 is 5.91 Å². The van der Waals surface area contributed by atoms with Gasteiger partial charge in [-0.15, -0.1) is 11.3 Å². The van der Waals surface area contributed by atoms with Gasteiger partial charge in [-0.05, 0) is 29.8 Å². The topological polar surface area (TPSA) is 102 Å². The molecule has 9 heteroatoms. The number of nitrogens with zero attached hydrogens (tertiary/aromatic N) is 4. The quantitative estimate of drug-likeness (QED) is 0.297. The molecule has 0 fully saturated rings. The van der Waals surface area contributed by atoms with Gasteiger partial charge in [0.05, 0.1) is 26.5 Å². The van der Waals surface area contributed by atoms with Gasteiger partial charge in [0, 0.05) is 28.9 Å². The van der Waals surface area contributed by atoms with Gasteiger partial charge in [0.25, 0.3) is 5.91 Å². The van der Waals surface area contributed by atoms with Gasteiger partial charge in [-0.3, -0.25) is 14.8 Å². The lowest BCUT2D eigenvalue weighted by molar-refractivity contribution is -0.112. The maximum Gasteiger partial charge on any atom is 0.268 e. The smallest absolute Gasteiger partial charge is 0.268 e. The molecule has 0 aliphatic carbocycles. The van der Waals surface area contributed by atoms with Crippen molar-refractivity contribution in [2.24, 2.45) is 0 Å². The van der Waals surface area contributed by atoms with Crippen LogP contribution in [0.1, 0.15) is 11.1 Å².